The molecule has 0 nitrogen and oxygen atoms in total. The minimum absolute atomic E-state index is 0.144. The zero-order valence-corrected chi connectivity index (χ0v) is 16.1. The monoisotopic (exact) mass is 510 g/mol. The van der Waals surface area contributed by atoms with E-state index in [4.69, 9.17) is 0 Å². The fourth-order valence-electron chi connectivity index (χ4n) is 2.20. The van der Waals surface area contributed by atoms with E-state index in [1.165, 1.54) is 15.2 Å². The zero-order chi connectivity index (χ0) is 14.6. The molecule has 0 amide bonds. The number of hydrogen-bond donors (Lipinski definition) is 0. The summed E-state index contributed by atoms with van der Waals surface area (Å²) in [4.78, 5) is 0. The lowest BCUT2D eigenvalue weighted by Crippen LogP contribution is -2.33. The number of hydrogen-bond acceptors (Lipinski definition) is 0. The summed E-state index contributed by atoms with van der Waals surface area (Å²) in [7, 11) is 0. The van der Waals surface area contributed by atoms with Gasteiger partial charge in [-0.1, -0.05) is 56.1 Å². The second-order valence-electron chi connectivity index (χ2n) is 4.86. The van der Waals surface area contributed by atoms with Gasteiger partial charge < -0.3 is 0 Å². The highest BCUT2D eigenvalue weighted by molar-refractivity contribution is 14.1. The van der Waals surface area contributed by atoms with Crippen LogP contribution in [-0.4, -0.2) is 10.7 Å². The quantitative estimate of drug-likeness (QED) is 0.357. The Balaban J connectivity index is 2.36. The lowest BCUT2D eigenvalue weighted by molar-refractivity contribution is 0.541. The van der Waals surface area contributed by atoms with Crippen molar-refractivity contribution in [2.45, 2.75) is 11.8 Å². The van der Waals surface area contributed by atoms with Crippen LogP contribution in [0, 0.1) is 9.39 Å². The van der Waals surface area contributed by atoms with E-state index in [1.807, 2.05) is 6.07 Å². The van der Waals surface area contributed by atoms with Crippen molar-refractivity contribution in [1.82, 2.24) is 0 Å². The highest BCUT2D eigenvalue weighted by atomic mass is 127. The van der Waals surface area contributed by atoms with E-state index in [1.54, 1.807) is 12.1 Å². The Bertz CT molecular complexity index is 565. The van der Waals surface area contributed by atoms with E-state index in [9.17, 15) is 4.39 Å². The molecule has 0 aliphatic heterocycles. The summed E-state index contributed by atoms with van der Waals surface area (Å²) in [6, 6.07) is 15.4. The predicted octanol–water partition coefficient (Wildman–Crippen LogP) is 5.70. The molecule has 0 aromatic heterocycles. The van der Waals surface area contributed by atoms with E-state index in [0.29, 0.717) is 0 Å². The van der Waals surface area contributed by atoms with Crippen LogP contribution >= 0.6 is 54.5 Å². The van der Waals surface area contributed by atoms with Crippen LogP contribution in [0.5, 0.6) is 0 Å². The summed E-state index contributed by atoms with van der Waals surface area (Å²) in [5.74, 6) is -0.184. The highest BCUT2D eigenvalue weighted by Crippen LogP contribution is 2.33. The number of rotatable bonds is 5. The van der Waals surface area contributed by atoms with Crippen molar-refractivity contribution < 1.29 is 4.39 Å². The van der Waals surface area contributed by atoms with Gasteiger partial charge >= 0.3 is 0 Å². The first-order chi connectivity index (χ1) is 9.59. The average molecular weight is 512 g/mol. The summed E-state index contributed by atoms with van der Waals surface area (Å²) in [5.41, 5.74) is 2.13. The minimum Gasteiger partial charge on any atom is -0.207 e. The maximum Gasteiger partial charge on any atom is 0.123 e. The highest BCUT2D eigenvalue weighted by Gasteiger charge is 2.30. The van der Waals surface area contributed by atoms with Crippen molar-refractivity contribution in [2.24, 2.45) is 0 Å². The summed E-state index contributed by atoms with van der Waals surface area (Å²) in [6.07, 6.45) is 0.865. The van der Waals surface area contributed by atoms with Gasteiger partial charge in [0, 0.05) is 19.6 Å². The molecule has 2 aromatic carbocycles. The molecule has 0 spiro atoms. The molecule has 0 aliphatic carbocycles. The molecule has 0 fully saturated rings. The number of benzene rings is 2. The number of halogens is 4. The molecular weight excluding hydrogens is 498 g/mol. The van der Waals surface area contributed by atoms with Gasteiger partial charge in [-0.05, 0) is 64.4 Å². The fraction of sp³-hybridized carbons (Fsp3) is 0.250. The van der Waals surface area contributed by atoms with Crippen molar-refractivity contribution in [3.8, 4) is 0 Å². The fourth-order valence-corrected chi connectivity index (χ4v) is 4.53. The second kappa shape index (κ2) is 7.36. The summed E-state index contributed by atoms with van der Waals surface area (Å²) in [6.45, 7) is 0. The van der Waals surface area contributed by atoms with Crippen molar-refractivity contribution >= 4 is 54.5 Å². The van der Waals surface area contributed by atoms with Crippen LogP contribution in [0.1, 0.15) is 11.1 Å². The topological polar surface area (TPSA) is 0 Å². The Hall–Kier alpha value is 0.0600. The summed E-state index contributed by atoms with van der Waals surface area (Å²) < 4.78 is 14.8. The van der Waals surface area contributed by atoms with E-state index >= 15 is 0 Å². The first-order valence-corrected chi connectivity index (χ1v) is 9.54. The summed E-state index contributed by atoms with van der Waals surface area (Å²) >= 11 is 9.53. The maximum absolute atomic E-state index is 13.5. The SMILES string of the molecule is Fc1cccc(C(CBr)(CBr)Cc2ccc(I)cc2)c1. The van der Waals surface area contributed by atoms with Gasteiger partial charge in [-0.2, -0.15) is 0 Å². The normalized spacial score (nSPS) is 11.6. The van der Waals surface area contributed by atoms with Gasteiger partial charge in [-0.25, -0.2) is 4.39 Å². The molecule has 0 radical (unpaired) electrons. The zero-order valence-electron chi connectivity index (χ0n) is 10.8. The molecule has 4 heteroatoms. The molecule has 0 saturated heterocycles. The average Bonchev–Trinajstić information content (AvgIpc) is 2.47. The van der Waals surface area contributed by atoms with E-state index in [2.05, 4.69) is 78.7 Å². The Morgan fingerprint density at radius 2 is 1.65 bits per heavy atom. The van der Waals surface area contributed by atoms with Crippen LogP contribution in [0.3, 0.4) is 0 Å². The van der Waals surface area contributed by atoms with Gasteiger partial charge in [0.25, 0.3) is 0 Å². The van der Waals surface area contributed by atoms with Crippen LogP contribution < -0.4 is 0 Å². The molecule has 2 aromatic rings. The maximum atomic E-state index is 13.5. The van der Waals surface area contributed by atoms with Crippen LogP contribution in [0.4, 0.5) is 4.39 Å². The largest absolute Gasteiger partial charge is 0.207 e. The molecule has 0 unspecified atom stereocenters. The Morgan fingerprint density at radius 3 is 2.20 bits per heavy atom. The second-order valence-corrected chi connectivity index (χ2v) is 7.23. The molecule has 0 bridgehead atoms. The van der Waals surface area contributed by atoms with Crippen LogP contribution in [-0.2, 0) is 11.8 Å². The van der Waals surface area contributed by atoms with Crippen LogP contribution in [0.25, 0.3) is 0 Å². The molecular formula is C16H14Br2FI. The van der Waals surface area contributed by atoms with Gasteiger partial charge in [0.15, 0.2) is 0 Å². The molecule has 0 heterocycles. The Kier molecular flexibility index (Phi) is 6.05. The van der Waals surface area contributed by atoms with Gasteiger partial charge in [0.05, 0.1) is 0 Å². The van der Waals surface area contributed by atoms with E-state index in [0.717, 1.165) is 22.6 Å². The number of alkyl halides is 2. The lowest BCUT2D eigenvalue weighted by atomic mass is 9.79. The minimum atomic E-state index is -0.184. The van der Waals surface area contributed by atoms with Crippen LogP contribution in [0.2, 0.25) is 0 Å². The predicted molar refractivity (Wildman–Crippen MR) is 98.5 cm³/mol. The third kappa shape index (κ3) is 3.83. The van der Waals surface area contributed by atoms with Gasteiger partial charge in [-0.15, -0.1) is 0 Å². The van der Waals surface area contributed by atoms with Crippen molar-refractivity contribution in [3.05, 3.63) is 69.0 Å². The van der Waals surface area contributed by atoms with Gasteiger partial charge in [0.1, 0.15) is 5.82 Å². The molecule has 20 heavy (non-hydrogen) atoms. The van der Waals surface area contributed by atoms with Crippen LogP contribution in [0.15, 0.2) is 48.5 Å². The lowest BCUT2D eigenvalue weighted by Gasteiger charge is -2.31. The molecule has 2 rings (SSSR count). The first kappa shape index (κ1) is 16.4. The van der Waals surface area contributed by atoms with Crippen molar-refractivity contribution in [3.63, 3.8) is 0 Å². The van der Waals surface area contributed by atoms with E-state index < -0.39 is 0 Å². The molecule has 0 saturated carbocycles. The third-order valence-corrected chi connectivity index (χ3v) is 6.27. The Labute approximate surface area is 149 Å². The molecule has 106 valence electrons. The van der Waals surface area contributed by atoms with Gasteiger partial charge in [0.2, 0.25) is 0 Å². The molecule has 0 N–H and O–H groups in total. The van der Waals surface area contributed by atoms with Gasteiger partial charge in [-0.3, -0.25) is 0 Å². The third-order valence-electron chi connectivity index (χ3n) is 3.40. The molecule has 0 atom stereocenters. The summed E-state index contributed by atoms with van der Waals surface area (Å²) in [5, 5.41) is 1.56. The molecule has 0 aliphatic rings. The van der Waals surface area contributed by atoms with Crippen molar-refractivity contribution in [2.75, 3.05) is 10.7 Å². The van der Waals surface area contributed by atoms with E-state index in [-0.39, 0.29) is 11.2 Å². The standard InChI is InChI=1S/C16H14Br2FI/c17-10-16(11-18,13-2-1-3-14(19)8-13)9-12-4-6-15(20)7-5-12/h1-8H,9-11H2. The van der Waals surface area contributed by atoms with Crippen molar-refractivity contribution in [1.29, 1.82) is 0 Å². The smallest absolute Gasteiger partial charge is 0.123 e. The first-order valence-electron chi connectivity index (χ1n) is 6.22. The Morgan fingerprint density at radius 1 is 1.00 bits per heavy atom.